The van der Waals surface area contributed by atoms with Gasteiger partial charge in [0.05, 0.1) is 17.6 Å². The third-order valence-electron chi connectivity index (χ3n) is 4.62. The molecule has 0 unspecified atom stereocenters. The van der Waals surface area contributed by atoms with Gasteiger partial charge in [0.1, 0.15) is 5.82 Å². The molecule has 6 heteroatoms. The topological polar surface area (TPSA) is 71.4 Å². The van der Waals surface area contributed by atoms with Crippen LogP contribution in [0.15, 0.2) is 30.6 Å². The standard InChI is InChI=1S/C18H24FN5/c1-12(2)23-3-5-24(6-4-23)15-8-13(7-14(19)9-15)16-10-22-11-17(20)18(16)21/h7-12H,3-6,20H2,1-2H3,(H2,21,22). The van der Waals surface area contributed by atoms with Gasteiger partial charge >= 0.3 is 0 Å². The van der Waals surface area contributed by atoms with Gasteiger partial charge in [-0.25, -0.2) is 4.39 Å². The molecule has 1 aromatic carbocycles. The third kappa shape index (κ3) is 3.28. The predicted molar refractivity (Wildman–Crippen MR) is 97.4 cm³/mol. The molecule has 5 nitrogen and oxygen atoms in total. The van der Waals surface area contributed by atoms with Gasteiger partial charge in [0, 0.05) is 49.7 Å². The van der Waals surface area contributed by atoms with E-state index in [-0.39, 0.29) is 5.82 Å². The second-order valence-electron chi connectivity index (χ2n) is 6.50. The van der Waals surface area contributed by atoms with E-state index >= 15 is 0 Å². The van der Waals surface area contributed by atoms with E-state index < -0.39 is 0 Å². The number of benzene rings is 1. The lowest BCUT2D eigenvalue weighted by atomic mass is 10.0. The summed E-state index contributed by atoms with van der Waals surface area (Å²) in [6.45, 7) is 8.12. The average molecular weight is 329 g/mol. The van der Waals surface area contributed by atoms with Crippen LogP contribution in [-0.4, -0.2) is 42.1 Å². The molecule has 2 heterocycles. The Morgan fingerprint density at radius 3 is 2.42 bits per heavy atom. The molecule has 1 aromatic heterocycles. The van der Waals surface area contributed by atoms with Crippen LogP contribution in [0.1, 0.15) is 13.8 Å². The molecular weight excluding hydrogens is 305 g/mol. The van der Waals surface area contributed by atoms with Gasteiger partial charge in [-0.3, -0.25) is 9.88 Å². The van der Waals surface area contributed by atoms with Crippen LogP contribution < -0.4 is 16.4 Å². The van der Waals surface area contributed by atoms with E-state index in [1.165, 1.54) is 12.3 Å². The lowest BCUT2D eigenvalue weighted by molar-refractivity contribution is 0.209. The van der Waals surface area contributed by atoms with Crippen molar-refractivity contribution in [3.63, 3.8) is 0 Å². The van der Waals surface area contributed by atoms with Crippen LogP contribution in [-0.2, 0) is 0 Å². The van der Waals surface area contributed by atoms with Gasteiger partial charge in [-0.05, 0) is 37.6 Å². The van der Waals surface area contributed by atoms with Gasteiger partial charge in [0.25, 0.3) is 0 Å². The maximum absolute atomic E-state index is 14.2. The van der Waals surface area contributed by atoms with Crippen molar-refractivity contribution in [2.24, 2.45) is 0 Å². The largest absolute Gasteiger partial charge is 0.396 e. The number of anilines is 3. The third-order valence-corrected chi connectivity index (χ3v) is 4.62. The smallest absolute Gasteiger partial charge is 0.125 e. The van der Waals surface area contributed by atoms with Crippen molar-refractivity contribution in [3.8, 4) is 11.1 Å². The Morgan fingerprint density at radius 1 is 1.04 bits per heavy atom. The average Bonchev–Trinajstić information content (AvgIpc) is 2.57. The molecule has 0 saturated carbocycles. The van der Waals surface area contributed by atoms with Gasteiger partial charge in [0.15, 0.2) is 0 Å². The first-order valence-corrected chi connectivity index (χ1v) is 8.24. The summed E-state index contributed by atoms with van der Waals surface area (Å²) < 4.78 is 14.2. The SMILES string of the molecule is CC(C)N1CCN(c2cc(F)cc(-c3cncc(N)c3N)c2)CC1. The van der Waals surface area contributed by atoms with Crippen LogP contribution in [0.25, 0.3) is 11.1 Å². The number of rotatable bonds is 3. The van der Waals surface area contributed by atoms with Crippen LogP contribution in [0.4, 0.5) is 21.5 Å². The van der Waals surface area contributed by atoms with Crippen molar-refractivity contribution in [3.05, 3.63) is 36.4 Å². The van der Waals surface area contributed by atoms with E-state index in [9.17, 15) is 4.39 Å². The normalized spacial score (nSPS) is 15.9. The highest BCUT2D eigenvalue weighted by Gasteiger charge is 2.20. The van der Waals surface area contributed by atoms with Crippen LogP contribution in [0.5, 0.6) is 0 Å². The van der Waals surface area contributed by atoms with Gasteiger partial charge < -0.3 is 16.4 Å². The van der Waals surface area contributed by atoms with Crippen LogP contribution >= 0.6 is 0 Å². The maximum atomic E-state index is 14.2. The molecule has 4 N–H and O–H groups in total. The van der Waals surface area contributed by atoms with E-state index in [1.807, 2.05) is 6.07 Å². The van der Waals surface area contributed by atoms with Gasteiger partial charge in [-0.1, -0.05) is 0 Å². The minimum absolute atomic E-state index is 0.282. The molecule has 0 aliphatic carbocycles. The number of hydrogen-bond acceptors (Lipinski definition) is 5. The van der Waals surface area contributed by atoms with E-state index in [4.69, 9.17) is 11.5 Å². The molecule has 0 spiro atoms. The first-order valence-electron chi connectivity index (χ1n) is 8.24. The first-order chi connectivity index (χ1) is 11.5. The number of nitrogens with zero attached hydrogens (tertiary/aromatic N) is 3. The Balaban J connectivity index is 1.89. The Kier molecular flexibility index (Phi) is 4.57. The quantitative estimate of drug-likeness (QED) is 0.905. The fourth-order valence-electron chi connectivity index (χ4n) is 3.13. The minimum Gasteiger partial charge on any atom is -0.396 e. The summed E-state index contributed by atoms with van der Waals surface area (Å²) in [5.74, 6) is -0.282. The summed E-state index contributed by atoms with van der Waals surface area (Å²) in [5, 5.41) is 0. The second-order valence-corrected chi connectivity index (χ2v) is 6.50. The van der Waals surface area contributed by atoms with Crippen molar-refractivity contribution in [2.45, 2.75) is 19.9 Å². The summed E-state index contributed by atoms with van der Waals surface area (Å²) >= 11 is 0. The molecule has 3 rings (SSSR count). The molecular formula is C18H24FN5. The second kappa shape index (κ2) is 6.65. The summed E-state index contributed by atoms with van der Waals surface area (Å²) in [4.78, 5) is 8.71. The number of nitrogens with two attached hydrogens (primary N) is 2. The zero-order chi connectivity index (χ0) is 17.3. The number of aromatic nitrogens is 1. The fourth-order valence-corrected chi connectivity index (χ4v) is 3.13. The molecule has 0 radical (unpaired) electrons. The van der Waals surface area contributed by atoms with Crippen molar-refractivity contribution >= 4 is 17.1 Å². The number of pyridine rings is 1. The van der Waals surface area contributed by atoms with Crippen LogP contribution in [0.3, 0.4) is 0 Å². The van der Waals surface area contributed by atoms with Crippen LogP contribution in [0.2, 0.25) is 0 Å². The lowest BCUT2D eigenvalue weighted by Crippen LogP contribution is -2.48. The summed E-state index contributed by atoms with van der Waals surface area (Å²) in [6, 6.07) is 5.54. The van der Waals surface area contributed by atoms with E-state index in [1.54, 1.807) is 12.3 Å². The molecule has 0 atom stereocenters. The highest BCUT2D eigenvalue weighted by atomic mass is 19.1. The van der Waals surface area contributed by atoms with Gasteiger partial charge in [-0.15, -0.1) is 0 Å². The molecule has 24 heavy (non-hydrogen) atoms. The molecule has 2 aromatic rings. The molecule has 1 aliphatic heterocycles. The monoisotopic (exact) mass is 329 g/mol. The van der Waals surface area contributed by atoms with Crippen molar-refractivity contribution < 1.29 is 4.39 Å². The number of nitrogen functional groups attached to an aromatic ring is 2. The Hall–Kier alpha value is -2.34. The van der Waals surface area contributed by atoms with Crippen LogP contribution in [0, 0.1) is 5.82 Å². The summed E-state index contributed by atoms with van der Waals surface area (Å²) in [7, 11) is 0. The Labute approximate surface area is 142 Å². The van der Waals surface area contributed by atoms with Gasteiger partial charge in [0.2, 0.25) is 0 Å². The van der Waals surface area contributed by atoms with E-state index in [2.05, 4.69) is 28.6 Å². The maximum Gasteiger partial charge on any atom is 0.125 e. The molecule has 1 saturated heterocycles. The zero-order valence-electron chi connectivity index (χ0n) is 14.2. The van der Waals surface area contributed by atoms with Crippen molar-refractivity contribution in [2.75, 3.05) is 42.5 Å². The molecule has 1 fully saturated rings. The Morgan fingerprint density at radius 2 is 1.75 bits per heavy atom. The predicted octanol–water partition coefficient (Wildman–Crippen LogP) is 2.58. The molecule has 128 valence electrons. The molecule has 1 aliphatic rings. The van der Waals surface area contributed by atoms with Gasteiger partial charge in [-0.2, -0.15) is 0 Å². The molecule has 0 amide bonds. The highest BCUT2D eigenvalue weighted by Crippen LogP contribution is 2.32. The highest BCUT2D eigenvalue weighted by molar-refractivity contribution is 5.84. The molecule has 0 bridgehead atoms. The van der Waals surface area contributed by atoms with E-state index in [0.29, 0.717) is 28.5 Å². The van der Waals surface area contributed by atoms with Crippen molar-refractivity contribution in [1.29, 1.82) is 0 Å². The summed E-state index contributed by atoms with van der Waals surface area (Å²) in [6.07, 6.45) is 3.13. The number of piperazine rings is 1. The Bertz CT molecular complexity index is 723. The van der Waals surface area contributed by atoms with Crippen molar-refractivity contribution in [1.82, 2.24) is 9.88 Å². The fraction of sp³-hybridized carbons (Fsp3) is 0.389. The number of halogens is 1. The van der Waals surface area contributed by atoms with E-state index in [0.717, 1.165) is 31.9 Å². The lowest BCUT2D eigenvalue weighted by Gasteiger charge is -2.38. The first kappa shape index (κ1) is 16.5. The summed E-state index contributed by atoms with van der Waals surface area (Å²) in [5.41, 5.74) is 14.9. The zero-order valence-corrected chi connectivity index (χ0v) is 14.2. The minimum atomic E-state index is -0.282. The number of hydrogen-bond donors (Lipinski definition) is 2.